The van der Waals surface area contributed by atoms with Crippen molar-refractivity contribution in [1.82, 2.24) is 4.98 Å². The van der Waals surface area contributed by atoms with Crippen LogP contribution >= 0.6 is 0 Å². The maximum Gasteiger partial charge on any atom is 0.574 e. The van der Waals surface area contributed by atoms with Gasteiger partial charge in [-0.2, -0.15) is 0 Å². The second kappa shape index (κ2) is 5.59. The molecule has 0 fully saturated rings. The highest BCUT2D eigenvalue weighted by atomic mass is 19.4. The minimum atomic E-state index is -5.18. The summed E-state index contributed by atoms with van der Waals surface area (Å²) >= 11 is 0. The lowest BCUT2D eigenvalue weighted by Crippen LogP contribution is -2.21. The van der Waals surface area contributed by atoms with E-state index >= 15 is 0 Å². The van der Waals surface area contributed by atoms with Crippen molar-refractivity contribution in [3.05, 3.63) is 21.9 Å². The zero-order chi connectivity index (χ0) is 15.5. The molecule has 0 radical (unpaired) electrons. The van der Waals surface area contributed by atoms with Crippen molar-refractivity contribution in [3.63, 3.8) is 0 Å². The first-order valence-electron chi connectivity index (χ1n) is 4.76. The molecular formula is C9H7F3N2O6. The number of hydrogen-bond donors (Lipinski definition) is 0. The molecule has 0 bridgehead atoms. The number of rotatable bonds is 4. The highest BCUT2D eigenvalue weighted by molar-refractivity contribution is 5.97. The molecule has 0 aliphatic carbocycles. The molecule has 0 atom stereocenters. The molecule has 1 aromatic heterocycles. The fourth-order valence-electron chi connectivity index (χ4n) is 1.27. The van der Waals surface area contributed by atoms with Crippen molar-refractivity contribution in [3.8, 4) is 11.6 Å². The number of carbonyl (C=O) groups is 1. The molecule has 1 heterocycles. The van der Waals surface area contributed by atoms with E-state index in [-0.39, 0.29) is 0 Å². The number of carbonyl (C=O) groups excluding carboxylic acids is 1. The highest BCUT2D eigenvalue weighted by Gasteiger charge is 2.39. The second-order valence-corrected chi connectivity index (χ2v) is 3.15. The van der Waals surface area contributed by atoms with Crippen molar-refractivity contribution < 1.29 is 37.1 Å². The van der Waals surface area contributed by atoms with E-state index in [1.54, 1.807) is 0 Å². The van der Waals surface area contributed by atoms with Crippen LogP contribution in [0.15, 0.2) is 6.20 Å². The SMILES string of the molecule is COC(=O)c1c(OC(F)(F)F)ncc(OC)c1[N+](=O)[O-]. The van der Waals surface area contributed by atoms with Gasteiger partial charge in [-0.3, -0.25) is 10.1 Å². The Labute approximate surface area is 109 Å². The number of esters is 1. The van der Waals surface area contributed by atoms with Crippen LogP contribution in [0.2, 0.25) is 0 Å². The van der Waals surface area contributed by atoms with Gasteiger partial charge >= 0.3 is 18.0 Å². The van der Waals surface area contributed by atoms with Gasteiger partial charge in [-0.15, -0.1) is 13.2 Å². The summed E-state index contributed by atoms with van der Waals surface area (Å²) in [7, 11) is 1.86. The Morgan fingerprint density at radius 3 is 2.40 bits per heavy atom. The van der Waals surface area contributed by atoms with Gasteiger partial charge in [0.15, 0.2) is 0 Å². The van der Waals surface area contributed by atoms with Crippen LogP contribution in [0.25, 0.3) is 0 Å². The van der Waals surface area contributed by atoms with Gasteiger partial charge in [0.05, 0.1) is 25.3 Å². The van der Waals surface area contributed by atoms with Crippen molar-refractivity contribution in [2.45, 2.75) is 6.36 Å². The number of aromatic nitrogens is 1. The Morgan fingerprint density at radius 2 is 2.00 bits per heavy atom. The molecule has 0 aliphatic heterocycles. The molecule has 0 amide bonds. The number of methoxy groups -OCH3 is 2. The third kappa shape index (κ3) is 3.24. The summed E-state index contributed by atoms with van der Waals surface area (Å²) < 4.78 is 48.8. The average molecular weight is 296 g/mol. The van der Waals surface area contributed by atoms with E-state index in [9.17, 15) is 28.1 Å². The van der Waals surface area contributed by atoms with Crippen LogP contribution in [-0.4, -0.2) is 36.5 Å². The van der Waals surface area contributed by atoms with Gasteiger partial charge in [-0.05, 0) is 0 Å². The lowest BCUT2D eigenvalue weighted by Gasteiger charge is -2.12. The standard InChI is InChI=1S/C9H7F3N2O6/c1-18-4-3-13-7(20-9(10,11)12)5(8(15)19-2)6(4)14(16)17/h3H,1-2H3. The number of nitrogens with zero attached hydrogens (tertiary/aromatic N) is 2. The Morgan fingerprint density at radius 1 is 1.40 bits per heavy atom. The number of nitro groups is 1. The van der Waals surface area contributed by atoms with Gasteiger partial charge in [-0.1, -0.05) is 0 Å². The van der Waals surface area contributed by atoms with Crippen LogP contribution < -0.4 is 9.47 Å². The summed E-state index contributed by atoms with van der Waals surface area (Å²) in [6.07, 6.45) is -4.55. The Hall–Kier alpha value is -2.59. The zero-order valence-electron chi connectivity index (χ0n) is 10.1. The predicted octanol–water partition coefficient (Wildman–Crippen LogP) is 1.68. The molecule has 0 saturated heterocycles. The van der Waals surface area contributed by atoms with Gasteiger partial charge in [0.2, 0.25) is 17.2 Å². The number of ether oxygens (including phenoxy) is 3. The smallest absolute Gasteiger partial charge is 0.489 e. The number of pyridine rings is 1. The lowest BCUT2D eigenvalue weighted by atomic mass is 10.2. The quantitative estimate of drug-likeness (QED) is 0.473. The van der Waals surface area contributed by atoms with Crippen molar-refractivity contribution in [2.24, 2.45) is 0 Å². The molecule has 0 aliphatic rings. The largest absolute Gasteiger partial charge is 0.574 e. The van der Waals surface area contributed by atoms with E-state index in [1.807, 2.05) is 0 Å². The van der Waals surface area contributed by atoms with Crippen LogP contribution in [0.1, 0.15) is 10.4 Å². The molecule has 8 nitrogen and oxygen atoms in total. The van der Waals surface area contributed by atoms with Crippen LogP contribution in [0.3, 0.4) is 0 Å². The molecule has 0 aromatic carbocycles. The summed E-state index contributed by atoms with van der Waals surface area (Å²) in [6, 6.07) is 0. The molecule has 0 N–H and O–H groups in total. The van der Waals surface area contributed by atoms with Crippen LogP contribution in [0.4, 0.5) is 18.9 Å². The van der Waals surface area contributed by atoms with E-state index in [2.05, 4.69) is 19.2 Å². The summed E-state index contributed by atoms with van der Waals surface area (Å²) in [4.78, 5) is 24.4. The molecular weight excluding hydrogens is 289 g/mol. The molecule has 0 unspecified atom stereocenters. The number of hydrogen-bond acceptors (Lipinski definition) is 7. The Balaban J connectivity index is 3.57. The zero-order valence-corrected chi connectivity index (χ0v) is 10.1. The fourth-order valence-corrected chi connectivity index (χ4v) is 1.27. The van der Waals surface area contributed by atoms with Crippen molar-refractivity contribution in [2.75, 3.05) is 14.2 Å². The highest BCUT2D eigenvalue weighted by Crippen LogP contribution is 2.37. The van der Waals surface area contributed by atoms with Gasteiger partial charge in [0, 0.05) is 0 Å². The van der Waals surface area contributed by atoms with E-state index in [1.165, 1.54) is 0 Å². The Kier molecular flexibility index (Phi) is 4.32. The fraction of sp³-hybridized carbons (Fsp3) is 0.333. The van der Waals surface area contributed by atoms with Crippen LogP contribution in [-0.2, 0) is 4.74 Å². The third-order valence-corrected chi connectivity index (χ3v) is 1.99. The molecule has 110 valence electrons. The maximum atomic E-state index is 12.2. The van der Waals surface area contributed by atoms with Crippen LogP contribution in [0, 0.1) is 10.1 Å². The van der Waals surface area contributed by atoms with E-state index in [0.717, 1.165) is 14.2 Å². The second-order valence-electron chi connectivity index (χ2n) is 3.15. The lowest BCUT2D eigenvalue weighted by molar-refractivity contribution is -0.386. The van der Waals surface area contributed by atoms with E-state index in [4.69, 9.17) is 0 Å². The molecule has 0 saturated carbocycles. The number of halogens is 3. The molecule has 0 spiro atoms. The summed E-state index contributed by atoms with van der Waals surface area (Å²) in [5, 5.41) is 10.9. The normalized spacial score (nSPS) is 10.8. The minimum Gasteiger partial charge on any atom is -0.489 e. The van der Waals surface area contributed by atoms with Crippen molar-refractivity contribution in [1.29, 1.82) is 0 Å². The third-order valence-electron chi connectivity index (χ3n) is 1.99. The minimum absolute atomic E-state index is 0.509. The molecule has 11 heteroatoms. The van der Waals surface area contributed by atoms with Gasteiger partial charge in [0.1, 0.15) is 0 Å². The first-order chi connectivity index (χ1) is 9.21. The summed E-state index contributed by atoms with van der Waals surface area (Å²) in [6.45, 7) is 0. The first-order valence-corrected chi connectivity index (χ1v) is 4.76. The monoisotopic (exact) mass is 296 g/mol. The molecule has 20 heavy (non-hydrogen) atoms. The Bertz CT molecular complexity index is 545. The first kappa shape index (κ1) is 15.5. The average Bonchev–Trinajstić information content (AvgIpc) is 2.35. The topological polar surface area (TPSA) is 101 Å². The van der Waals surface area contributed by atoms with Crippen molar-refractivity contribution >= 4 is 11.7 Å². The summed E-state index contributed by atoms with van der Waals surface area (Å²) in [5.41, 5.74) is -2.12. The van der Waals surface area contributed by atoms with Gasteiger partial charge in [0.25, 0.3) is 0 Å². The summed E-state index contributed by atoms with van der Waals surface area (Å²) in [5.74, 6) is -3.22. The molecule has 1 aromatic rings. The number of alkyl halides is 3. The maximum absolute atomic E-state index is 12.2. The molecule has 1 rings (SSSR count). The van der Waals surface area contributed by atoms with Crippen LogP contribution in [0.5, 0.6) is 11.6 Å². The predicted molar refractivity (Wildman–Crippen MR) is 55.5 cm³/mol. The van der Waals surface area contributed by atoms with Gasteiger partial charge < -0.3 is 14.2 Å². The van der Waals surface area contributed by atoms with E-state index < -0.39 is 40.1 Å². The van der Waals surface area contributed by atoms with E-state index in [0.29, 0.717) is 6.20 Å². The van der Waals surface area contributed by atoms with Gasteiger partial charge in [-0.25, -0.2) is 9.78 Å².